The third-order valence-electron chi connectivity index (χ3n) is 3.06. The van der Waals surface area contributed by atoms with E-state index in [9.17, 15) is 18.0 Å². The number of pyridine rings is 1. The van der Waals surface area contributed by atoms with Crippen LogP contribution in [0.1, 0.15) is 21.5 Å². The average Bonchev–Trinajstić information content (AvgIpc) is 2.55. The number of carbonyl (C=O) groups excluding carboxylic acids is 1. The zero-order valence-electron chi connectivity index (χ0n) is 12.7. The van der Waals surface area contributed by atoms with Crippen LogP contribution in [-0.4, -0.2) is 30.4 Å². The van der Waals surface area contributed by atoms with Gasteiger partial charge in [0.25, 0.3) is 5.91 Å². The molecule has 0 aliphatic heterocycles. The fourth-order valence-electron chi connectivity index (χ4n) is 1.93. The molecule has 0 unspecified atom stereocenters. The number of rotatable bonds is 5. The first-order valence-corrected chi connectivity index (χ1v) is 6.86. The van der Waals surface area contributed by atoms with E-state index in [1.54, 1.807) is 0 Å². The lowest BCUT2D eigenvalue weighted by Gasteiger charge is -2.10. The van der Waals surface area contributed by atoms with E-state index in [2.05, 4.69) is 15.5 Å². The molecule has 24 heavy (non-hydrogen) atoms. The summed E-state index contributed by atoms with van der Waals surface area (Å²) in [6.45, 7) is 0. The lowest BCUT2D eigenvalue weighted by Crippen LogP contribution is -2.18. The van der Waals surface area contributed by atoms with E-state index in [0.717, 1.165) is 6.21 Å². The standard InChI is InChI=1S/C16H14F3N3O2/c1-24-14-3-2-12(9-16(17,18)19)13(8-14)10-21-22-15(23)11-4-6-20-7-5-11/h2-8,10H,9H2,1H3,(H,22,23)/b21-10+. The first-order chi connectivity index (χ1) is 11.4. The molecule has 1 amide bonds. The lowest BCUT2D eigenvalue weighted by atomic mass is 10.0. The monoisotopic (exact) mass is 337 g/mol. The second kappa shape index (κ2) is 7.58. The molecule has 0 saturated heterocycles. The second-order valence-corrected chi connectivity index (χ2v) is 4.79. The summed E-state index contributed by atoms with van der Waals surface area (Å²) in [7, 11) is 1.41. The van der Waals surface area contributed by atoms with Gasteiger partial charge >= 0.3 is 6.18 Å². The van der Waals surface area contributed by atoms with Crippen molar-refractivity contribution < 1.29 is 22.7 Å². The van der Waals surface area contributed by atoms with Gasteiger partial charge in [0.05, 0.1) is 19.7 Å². The van der Waals surface area contributed by atoms with E-state index >= 15 is 0 Å². The van der Waals surface area contributed by atoms with Gasteiger partial charge in [-0.1, -0.05) is 6.07 Å². The third kappa shape index (κ3) is 5.08. The number of nitrogens with one attached hydrogen (secondary N) is 1. The first-order valence-electron chi connectivity index (χ1n) is 6.86. The quantitative estimate of drug-likeness (QED) is 0.674. The molecule has 0 radical (unpaired) electrons. The van der Waals surface area contributed by atoms with Gasteiger partial charge in [0, 0.05) is 23.5 Å². The Morgan fingerprint density at radius 1 is 1.29 bits per heavy atom. The maximum Gasteiger partial charge on any atom is 0.393 e. The van der Waals surface area contributed by atoms with Crippen LogP contribution in [0, 0.1) is 0 Å². The Labute approximate surface area is 136 Å². The number of carbonyl (C=O) groups is 1. The van der Waals surface area contributed by atoms with Crippen molar-refractivity contribution >= 4 is 12.1 Å². The topological polar surface area (TPSA) is 63.6 Å². The minimum atomic E-state index is -4.35. The van der Waals surface area contributed by atoms with E-state index in [0.29, 0.717) is 11.3 Å². The molecule has 126 valence electrons. The van der Waals surface area contributed by atoms with Gasteiger partial charge in [-0.2, -0.15) is 18.3 Å². The Hall–Kier alpha value is -2.90. The summed E-state index contributed by atoms with van der Waals surface area (Å²) >= 11 is 0. The maximum absolute atomic E-state index is 12.6. The van der Waals surface area contributed by atoms with Gasteiger partial charge in [-0.05, 0) is 29.8 Å². The van der Waals surface area contributed by atoms with E-state index in [1.807, 2.05) is 0 Å². The summed E-state index contributed by atoms with van der Waals surface area (Å²) in [4.78, 5) is 15.6. The summed E-state index contributed by atoms with van der Waals surface area (Å²) in [5.41, 5.74) is 2.83. The van der Waals surface area contributed by atoms with Crippen molar-refractivity contribution in [2.45, 2.75) is 12.6 Å². The molecule has 1 aromatic heterocycles. The largest absolute Gasteiger partial charge is 0.497 e. The number of halogens is 3. The molecule has 0 saturated carbocycles. The van der Waals surface area contributed by atoms with E-state index in [-0.39, 0.29) is 11.1 Å². The minimum absolute atomic E-state index is 0.0326. The first kappa shape index (κ1) is 17.5. The number of ether oxygens (including phenoxy) is 1. The fourth-order valence-corrected chi connectivity index (χ4v) is 1.93. The number of aromatic nitrogens is 1. The number of hydrazone groups is 1. The van der Waals surface area contributed by atoms with Gasteiger partial charge in [0.1, 0.15) is 5.75 Å². The van der Waals surface area contributed by atoms with Crippen LogP contribution in [0.5, 0.6) is 5.75 Å². The summed E-state index contributed by atoms with van der Waals surface area (Å²) in [5.74, 6) is -0.100. The number of benzene rings is 1. The summed E-state index contributed by atoms with van der Waals surface area (Å²) in [6, 6.07) is 7.16. The van der Waals surface area contributed by atoms with Crippen LogP contribution in [0.2, 0.25) is 0 Å². The van der Waals surface area contributed by atoms with Crippen molar-refractivity contribution in [1.29, 1.82) is 0 Å². The zero-order valence-corrected chi connectivity index (χ0v) is 12.7. The lowest BCUT2D eigenvalue weighted by molar-refractivity contribution is -0.127. The Morgan fingerprint density at radius 3 is 2.62 bits per heavy atom. The van der Waals surface area contributed by atoms with Crippen LogP contribution in [0.15, 0.2) is 47.8 Å². The van der Waals surface area contributed by atoms with Crippen molar-refractivity contribution in [1.82, 2.24) is 10.4 Å². The summed E-state index contributed by atoms with van der Waals surface area (Å²) in [6.07, 6.45) is -1.40. The number of methoxy groups -OCH3 is 1. The van der Waals surface area contributed by atoms with Crippen molar-refractivity contribution in [3.63, 3.8) is 0 Å². The summed E-state index contributed by atoms with van der Waals surface area (Å²) in [5, 5.41) is 3.72. The van der Waals surface area contributed by atoms with Gasteiger partial charge in [-0.25, -0.2) is 5.43 Å². The Balaban J connectivity index is 2.16. The second-order valence-electron chi connectivity index (χ2n) is 4.79. The highest BCUT2D eigenvalue weighted by molar-refractivity contribution is 5.94. The highest BCUT2D eigenvalue weighted by Crippen LogP contribution is 2.25. The molecule has 0 aliphatic carbocycles. The van der Waals surface area contributed by atoms with Gasteiger partial charge in [-0.3, -0.25) is 9.78 Å². The maximum atomic E-state index is 12.6. The average molecular weight is 337 g/mol. The number of alkyl halides is 3. The smallest absolute Gasteiger partial charge is 0.393 e. The predicted octanol–water partition coefficient (Wildman–Crippen LogP) is 2.96. The number of amides is 1. The molecule has 0 aliphatic rings. The molecule has 2 rings (SSSR count). The van der Waals surface area contributed by atoms with E-state index < -0.39 is 18.5 Å². The van der Waals surface area contributed by atoms with Gasteiger partial charge < -0.3 is 4.74 Å². The van der Waals surface area contributed by atoms with Crippen molar-refractivity contribution in [2.24, 2.45) is 5.10 Å². The van der Waals surface area contributed by atoms with E-state index in [4.69, 9.17) is 4.74 Å². The van der Waals surface area contributed by atoms with E-state index in [1.165, 1.54) is 49.8 Å². The van der Waals surface area contributed by atoms with Crippen LogP contribution in [0.25, 0.3) is 0 Å². The minimum Gasteiger partial charge on any atom is -0.497 e. The molecule has 1 aromatic carbocycles. The third-order valence-corrected chi connectivity index (χ3v) is 3.06. The Bertz CT molecular complexity index is 731. The Kier molecular flexibility index (Phi) is 5.51. The van der Waals surface area contributed by atoms with Crippen LogP contribution in [-0.2, 0) is 6.42 Å². The van der Waals surface area contributed by atoms with Gasteiger partial charge in [0.15, 0.2) is 0 Å². The zero-order chi connectivity index (χ0) is 17.6. The van der Waals surface area contributed by atoms with Crippen LogP contribution in [0.3, 0.4) is 0 Å². The molecule has 8 heteroatoms. The van der Waals surface area contributed by atoms with Gasteiger partial charge in [0.2, 0.25) is 0 Å². The SMILES string of the molecule is COc1ccc(CC(F)(F)F)c(/C=N/NC(=O)c2ccncc2)c1. The molecule has 5 nitrogen and oxygen atoms in total. The molecule has 0 spiro atoms. The van der Waals surface area contributed by atoms with Crippen LogP contribution >= 0.6 is 0 Å². The normalized spacial score (nSPS) is 11.5. The molecule has 1 N–H and O–H groups in total. The van der Waals surface area contributed by atoms with Gasteiger partial charge in [-0.15, -0.1) is 0 Å². The molecule has 2 aromatic rings. The predicted molar refractivity (Wildman–Crippen MR) is 82.1 cm³/mol. The Morgan fingerprint density at radius 2 is 2.00 bits per heavy atom. The fraction of sp³-hybridized carbons (Fsp3) is 0.188. The summed E-state index contributed by atoms with van der Waals surface area (Å²) < 4.78 is 42.9. The van der Waals surface area contributed by atoms with Crippen LogP contribution < -0.4 is 10.2 Å². The van der Waals surface area contributed by atoms with Crippen LogP contribution in [0.4, 0.5) is 13.2 Å². The molecule has 0 bridgehead atoms. The van der Waals surface area contributed by atoms with Crippen molar-refractivity contribution in [3.8, 4) is 5.75 Å². The van der Waals surface area contributed by atoms with Crippen molar-refractivity contribution in [3.05, 3.63) is 59.4 Å². The number of nitrogens with zero attached hydrogens (tertiary/aromatic N) is 2. The molecule has 0 atom stereocenters. The number of hydrogen-bond acceptors (Lipinski definition) is 4. The molecule has 0 fully saturated rings. The number of hydrogen-bond donors (Lipinski definition) is 1. The molecular formula is C16H14F3N3O2. The highest BCUT2D eigenvalue weighted by Gasteiger charge is 2.28. The van der Waals surface area contributed by atoms with Crippen molar-refractivity contribution in [2.75, 3.05) is 7.11 Å². The highest BCUT2D eigenvalue weighted by atomic mass is 19.4. The molecular weight excluding hydrogens is 323 g/mol. The molecule has 1 heterocycles.